The Hall–Kier alpha value is -0.160. The number of nitrogens with two attached hydrogens (primary N) is 1. The molecule has 2 heterocycles. The fraction of sp³-hybridized carbons (Fsp3) is 1.00. The number of ether oxygens (including phenoxy) is 3. The topological polar surface area (TPSA) is 53.7 Å². The molecule has 2 saturated heterocycles. The fourth-order valence-electron chi connectivity index (χ4n) is 2.20. The van der Waals surface area contributed by atoms with Crippen LogP contribution in [0.1, 0.15) is 32.6 Å². The molecule has 2 rings (SSSR count). The lowest BCUT2D eigenvalue weighted by molar-refractivity contribution is -0.224. The second kappa shape index (κ2) is 5.25. The van der Waals surface area contributed by atoms with Crippen LogP contribution in [0.3, 0.4) is 0 Å². The maximum Gasteiger partial charge on any atom is 0.158 e. The van der Waals surface area contributed by atoms with Gasteiger partial charge in [0.2, 0.25) is 0 Å². The van der Waals surface area contributed by atoms with Gasteiger partial charge in [0.25, 0.3) is 0 Å². The van der Waals surface area contributed by atoms with E-state index < -0.39 is 0 Å². The Morgan fingerprint density at radius 3 is 2.67 bits per heavy atom. The molecule has 1 unspecified atom stereocenters. The lowest BCUT2D eigenvalue weighted by atomic mass is 10.0. The predicted octanol–water partition coefficient (Wildman–Crippen LogP) is 1.03. The third-order valence-corrected chi connectivity index (χ3v) is 3.16. The van der Waals surface area contributed by atoms with E-state index in [9.17, 15) is 0 Å². The average Bonchev–Trinajstić information content (AvgIpc) is 2.25. The van der Waals surface area contributed by atoms with Gasteiger partial charge in [-0.05, 0) is 32.6 Å². The molecule has 0 aromatic heterocycles. The molecule has 2 aliphatic heterocycles. The molecule has 0 amide bonds. The molecular weight excluding hydrogens is 194 g/mol. The first-order chi connectivity index (χ1) is 7.27. The van der Waals surface area contributed by atoms with Gasteiger partial charge in [0.1, 0.15) is 6.10 Å². The molecule has 2 fully saturated rings. The molecule has 4 nitrogen and oxygen atoms in total. The molecule has 0 radical (unpaired) electrons. The van der Waals surface area contributed by atoms with Crippen LogP contribution in [0.25, 0.3) is 0 Å². The molecule has 0 aliphatic carbocycles. The van der Waals surface area contributed by atoms with Crippen molar-refractivity contribution in [3.8, 4) is 0 Å². The van der Waals surface area contributed by atoms with Crippen LogP contribution in [-0.4, -0.2) is 37.8 Å². The number of hydrogen-bond donors (Lipinski definition) is 1. The summed E-state index contributed by atoms with van der Waals surface area (Å²) in [6, 6.07) is 0.0827. The normalized spacial score (nSPS) is 42.8. The Morgan fingerprint density at radius 2 is 2.00 bits per heavy atom. The summed E-state index contributed by atoms with van der Waals surface area (Å²) < 4.78 is 17.0. The highest BCUT2D eigenvalue weighted by atomic mass is 16.7. The van der Waals surface area contributed by atoms with Crippen molar-refractivity contribution in [2.75, 3.05) is 13.2 Å². The first-order valence-corrected chi connectivity index (χ1v) is 5.91. The number of hydrogen-bond acceptors (Lipinski definition) is 4. The molecule has 0 spiro atoms. The lowest BCUT2D eigenvalue weighted by Gasteiger charge is -2.37. The Labute approximate surface area is 91.1 Å². The standard InChI is InChI=1S/C11H21NO3/c1-8-11(9(12)5-7-13-8)15-10-4-2-3-6-14-10/h8-11H,2-7,12H2,1H3/t8-,9-,10?,11+/m0/s1. The SMILES string of the molecule is C[C@@H]1OCC[C@H](N)[C@@H]1OC1CCCCO1. The van der Waals surface area contributed by atoms with E-state index >= 15 is 0 Å². The Bertz CT molecular complexity index is 184. The van der Waals surface area contributed by atoms with E-state index in [1.165, 1.54) is 6.42 Å². The van der Waals surface area contributed by atoms with Gasteiger partial charge in [-0.25, -0.2) is 0 Å². The van der Waals surface area contributed by atoms with Crippen LogP contribution >= 0.6 is 0 Å². The maximum atomic E-state index is 6.03. The second-order valence-corrected chi connectivity index (χ2v) is 4.43. The molecule has 15 heavy (non-hydrogen) atoms. The zero-order valence-corrected chi connectivity index (χ0v) is 9.35. The largest absolute Gasteiger partial charge is 0.376 e. The maximum absolute atomic E-state index is 6.03. The predicted molar refractivity (Wildman–Crippen MR) is 56.5 cm³/mol. The van der Waals surface area contributed by atoms with Crippen LogP contribution in [-0.2, 0) is 14.2 Å². The summed E-state index contributed by atoms with van der Waals surface area (Å²) >= 11 is 0. The molecule has 0 saturated carbocycles. The lowest BCUT2D eigenvalue weighted by Crippen LogP contribution is -2.51. The third kappa shape index (κ3) is 2.91. The summed E-state index contributed by atoms with van der Waals surface area (Å²) in [6.45, 7) is 3.57. The van der Waals surface area contributed by atoms with Gasteiger partial charge in [-0.3, -0.25) is 0 Å². The van der Waals surface area contributed by atoms with E-state index in [0.717, 1.165) is 32.5 Å². The van der Waals surface area contributed by atoms with E-state index in [2.05, 4.69) is 0 Å². The fourth-order valence-corrected chi connectivity index (χ4v) is 2.20. The minimum Gasteiger partial charge on any atom is -0.376 e. The smallest absolute Gasteiger partial charge is 0.158 e. The monoisotopic (exact) mass is 215 g/mol. The van der Waals surface area contributed by atoms with E-state index in [0.29, 0.717) is 0 Å². The van der Waals surface area contributed by atoms with Crippen molar-refractivity contribution in [1.82, 2.24) is 0 Å². The minimum absolute atomic E-state index is 0.0122. The van der Waals surface area contributed by atoms with Gasteiger partial charge in [-0.2, -0.15) is 0 Å². The zero-order chi connectivity index (χ0) is 10.7. The summed E-state index contributed by atoms with van der Waals surface area (Å²) in [7, 11) is 0. The van der Waals surface area contributed by atoms with Crippen LogP contribution in [0.5, 0.6) is 0 Å². The van der Waals surface area contributed by atoms with Gasteiger partial charge in [0.15, 0.2) is 6.29 Å². The van der Waals surface area contributed by atoms with Crippen molar-refractivity contribution >= 4 is 0 Å². The van der Waals surface area contributed by atoms with E-state index in [1.54, 1.807) is 0 Å². The van der Waals surface area contributed by atoms with Crippen LogP contribution in [0.15, 0.2) is 0 Å². The molecule has 88 valence electrons. The van der Waals surface area contributed by atoms with E-state index in [-0.39, 0.29) is 24.5 Å². The summed E-state index contributed by atoms with van der Waals surface area (Å²) in [6.07, 6.45) is 4.18. The minimum atomic E-state index is -0.0704. The molecule has 2 aliphatic rings. The molecule has 0 bridgehead atoms. The van der Waals surface area contributed by atoms with E-state index in [4.69, 9.17) is 19.9 Å². The van der Waals surface area contributed by atoms with Crippen LogP contribution in [0, 0.1) is 0 Å². The molecule has 0 aromatic carbocycles. The highest BCUT2D eigenvalue weighted by Crippen LogP contribution is 2.22. The highest BCUT2D eigenvalue weighted by molar-refractivity contribution is 4.83. The van der Waals surface area contributed by atoms with Crippen molar-refractivity contribution in [3.05, 3.63) is 0 Å². The molecule has 2 N–H and O–H groups in total. The third-order valence-electron chi connectivity index (χ3n) is 3.16. The van der Waals surface area contributed by atoms with Crippen LogP contribution in [0.4, 0.5) is 0 Å². The van der Waals surface area contributed by atoms with Gasteiger partial charge < -0.3 is 19.9 Å². The summed E-state index contributed by atoms with van der Waals surface area (Å²) in [4.78, 5) is 0. The van der Waals surface area contributed by atoms with Crippen molar-refractivity contribution < 1.29 is 14.2 Å². The first kappa shape index (κ1) is 11.3. The quantitative estimate of drug-likeness (QED) is 0.747. The molecule has 4 atom stereocenters. The van der Waals surface area contributed by atoms with Gasteiger partial charge in [-0.15, -0.1) is 0 Å². The van der Waals surface area contributed by atoms with Crippen molar-refractivity contribution in [2.24, 2.45) is 5.73 Å². The zero-order valence-electron chi connectivity index (χ0n) is 9.35. The van der Waals surface area contributed by atoms with E-state index in [1.807, 2.05) is 6.92 Å². The molecule has 0 aromatic rings. The molecule has 4 heteroatoms. The van der Waals surface area contributed by atoms with Crippen molar-refractivity contribution in [3.63, 3.8) is 0 Å². The Balaban J connectivity index is 1.84. The second-order valence-electron chi connectivity index (χ2n) is 4.43. The van der Waals surface area contributed by atoms with Crippen LogP contribution in [0.2, 0.25) is 0 Å². The summed E-state index contributed by atoms with van der Waals surface area (Å²) in [5.74, 6) is 0. The Morgan fingerprint density at radius 1 is 1.13 bits per heavy atom. The van der Waals surface area contributed by atoms with Gasteiger partial charge >= 0.3 is 0 Å². The van der Waals surface area contributed by atoms with Crippen molar-refractivity contribution in [2.45, 2.75) is 57.1 Å². The van der Waals surface area contributed by atoms with Gasteiger partial charge in [-0.1, -0.05) is 0 Å². The number of rotatable bonds is 2. The van der Waals surface area contributed by atoms with Gasteiger partial charge in [0, 0.05) is 19.3 Å². The molecular formula is C11H21NO3. The van der Waals surface area contributed by atoms with Crippen LogP contribution < -0.4 is 5.73 Å². The Kier molecular flexibility index (Phi) is 3.97. The van der Waals surface area contributed by atoms with Gasteiger partial charge in [0.05, 0.1) is 6.10 Å². The first-order valence-electron chi connectivity index (χ1n) is 5.91. The summed E-state index contributed by atoms with van der Waals surface area (Å²) in [5.41, 5.74) is 6.03. The highest BCUT2D eigenvalue weighted by Gasteiger charge is 2.32. The van der Waals surface area contributed by atoms with Crippen molar-refractivity contribution in [1.29, 1.82) is 0 Å². The summed E-state index contributed by atoms with van der Waals surface area (Å²) in [5, 5.41) is 0. The average molecular weight is 215 g/mol.